The molecule has 0 spiro atoms. The summed E-state index contributed by atoms with van der Waals surface area (Å²) in [6.45, 7) is 5.84. The van der Waals surface area contributed by atoms with Gasteiger partial charge in [0.15, 0.2) is 17.0 Å². The summed E-state index contributed by atoms with van der Waals surface area (Å²) in [4.78, 5) is 16.9. The van der Waals surface area contributed by atoms with Crippen molar-refractivity contribution >= 4 is 11.6 Å². The van der Waals surface area contributed by atoms with Gasteiger partial charge in [-0.05, 0) is 44.0 Å². The fourth-order valence-electron chi connectivity index (χ4n) is 3.32. The molecule has 3 aromatic heterocycles. The van der Waals surface area contributed by atoms with Gasteiger partial charge in [0.1, 0.15) is 0 Å². The van der Waals surface area contributed by atoms with E-state index in [-0.39, 0.29) is 23.6 Å². The summed E-state index contributed by atoms with van der Waals surface area (Å²) in [6, 6.07) is 7.55. The van der Waals surface area contributed by atoms with E-state index in [4.69, 9.17) is 0 Å². The first-order chi connectivity index (χ1) is 15.0. The Morgan fingerprint density at radius 3 is 2.47 bits per heavy atom. The molecule has 0 bridgehead atoms. The molecule has 0 aliphatic rings. The Morgan fingerprint density at radius 2 is 1.84 bits per heavy atom. The number of rotatable bonds is 4. The smallest absolute Gasteiger partial charge is 0.346 e. The highest BCUT2D eigenvalue weighted by molar-refractivity contribution is 5.93. The Labute approximate surface area is 181 Å². The van der Waals surface area contributed by atoms with Crippen molar-refractivity contribution in [2.75, 3.05) is 0 Å². The van der Waals surface area contributed by atoms with E-state index in [9.17, 15) is 18.0 Å². The molecule has 1 amide bonds. The quantitative estimate of drug-likeness (QED) is 0.518. The minimum Gasteiger partial charge on any atom is -0.346 e. The van der Waals surface area contributed by atoms with Crippen molar-refractivity contribution in [1.82, 2.24) is 29.7 Å². The topological polar surface area (TPSA) is 77.1 Å². The van der Waals surface area contributed by atoms with Crippen LogP contribution in [-0.4, -0.2) is 30.3 Å². The van der Waals surface area contributed by atoms with Crippen LogP contribution in [0.1, 0.15) is 38.6 Å². The van der Waals surface area contributed by atoms with Gasteiger partial charge in [0.05, 0.1) is 11.9 Å². The van der Waals surface area contributed by atoms with Gasteiger partial charge >= 0.3 is 6.18 Å². The highest BCUT2D eigenvalue weighted by Gasteiger charge is 2.35. The Morgan fingerprint density at radius 1 is 1.09 bits per heavy atom. The van der Waals surface area contributed by atoms with E-state index < -0.39 is 17.8 Å². The molecule has 4 aromatic rings. The third-order valence-corrected chi connectivity index (χ3v) is 5.53. The van der Waals surface area contributed by atoms with E-state index in [0.717, 1.165) is 28.5 Å². The van der Waals surface area contributed by atoms with Crippen LogP contribution in [0, 0.1) is 20.8 Å². The number of hydrogen-bond acceptors (Lipinski definition) is 4. The van der Waals surface area contributed by atoms with Gasteiger partial charge in [-0.2, -0.15) is 23.4 Å². The number of carbonyl (C=O) groups is 1. The Balaban J connectivity index is 1.72. The molecule has 4 rings (SSSR count). The summed E-state index contributed by atoms with van der Waals surface area (Å²) in [5.74, 6) is -0.598. The van der Waals surface area contributed by atoms with Crippen LogP contribution in [-0.2, 0) is 19.8 Å². The first kappa shape index (κ1) is 21.5. The van der Waals surface area contributed by atoms with Crippen molar-refractivity contribution in [2.24, 2.45) is 7.05 Å². The van der Waals surface area contributed by atoms with E-state index in [0.29, 0.717) is 10.1 Å². The number of benzene rings is 1. The van der Waals surface area contributed by atoms with E-state index in [1.165, 1.54) is 6.07 Å². The number of nitrogens with zero attached hydrogens (tertiary/aromatic N) is 5. The maximum atomic E-state index is 13.8. The highest BCUT2D eigenvalue weighted by atomic mass is 19.4. The van der Waals surface area contributed by atoms with Gasteiger partial charge in [-0.1, -0.05) is 12.1 Å². The molecule has 0 aliphatic carbocycles. The molecular formula is C22H21F3N6O. The number of hydrogen-bond donors (Lipinski definition) is 1. The first-order valence-electron chi connectivity index (χ1n) is 9.86. The molecule has 0 saturated carbocycles. The third kappa shape index (κ3) is 3.95. The normalized spacial score (nSPS) is 11.8. The highest BCUT2D eigenvalue weighted by Crippen LogP contribution is 2.32. The molecule has 0 aliphatic heterocycles. The Kier molecular flexibility index (Phi) is 5.23. The number of halogens is 3. The summed E-state index contributed by atoms with van der Waals surface area (Å²) < 4.78 is 43.7. The van der Waals surface area contributed by atoms with Gasteiger partial charge in [0.25, 0.3) is 5.91 Å². The Bertz CT molecular complexity index is 1340. The van der Waals surface area contributed by atoms with Gasteiger partial charge in [0.2, 0.25) is 0 Å². The molecule has 0 atom stereocenters. The molecular weight excluding hydrogens is 421 g/mol. The molecule has 0 fully saturated rings. The minimum absolute atomic E-state index is 0.0595. The minimum atomic E-state index is -4.68. The van der Waals surface area contributed by atoms with E-state index >= 15 is 0 Å². The standard InChI is InChI=1S/C22H21F3N6O/c1-12-5-6-15(7-13(12)2)17-8-19(22(23,24)25)31-20(28-17)9-18(29-31)21(32)26-10-16-11-27-30(4)14(16)3/h5-9,11H,10H2,1-4H3,(H,26,32). The summed E-state index contributed by atoms with van der Waals surface area (Å²) >= 11 is 0. The molecule has 0 saturated heterocycles. The number of amides is 1. The maximum absolute atomic E-state index is 13.8. The summed E-state index contributed by atoms with van der Waals surface area (Å²) in [6.07, 6.45) is -3.05. The molecule has 1 N–H and O–H groups in total. The number of alkyl halides is 3. The van der Waals surface area contributed by atoms with Gasteiger partial charge in [-0.15, -0.1) is 0 Å². The zero-order chi connectivity index (χ0) is 23.2. The van der Waals surface area contributed by atoms with E-state index in [2.05, 4.69) is 20.5 Å². The van der Waals surface area contributed by atoms with Crippen molar-refractivity contribution in [3.05, 3.63) is 70.3 Å². The van der Waals surface area contributed by atoms with Crippen molar-refractivity contribution in [3.63, 3.8) is 0 Å². The number of aryl methyl sites for hydroxylation is 3. The lowest BCUT2D eigenvalue weighted by molar-refractivity contribution is -0.142. The third-order valence-electron chi connectivity index (χ3n) is 5.53. The first-order valence-corrected chi connectivity index (χ1v) is 9.86. The maximum Gasteiger partial charge on any atom is 0.433 e. The Hall–Kier alpha value is -3.69. The molecule has 1 aromatic carbocycles. The van der Waals surface area contributed by atoms with Crippen molar-refractivity contribution in [3.8, 4) is 11.3 Å². The van der Waals surface area contributed by atoms with Crippen LogP contribution >= 0.6 is 0 Å². The average Bonchev–Trinajstić information content (AvgIpc) is 3.30. The van der Waals surface area contributed by atoms with Crippen LogP contribution in [0.3, 0.4) is 0 Å². The van der Waals surface area contributed by atoms with Crippen LogP contribution in [0.2, 0.25) is 0 Å². The zero-order valence-corrected chi connectivity index (χ0v) is 17.9. The van der Waals surface area contributed by atoms with Crippen LogP contribution in [0.5, 0.6) is 0 Å². The van der Waals surface area contributed by atoms with Crippen LogP contribution < -0.4 is 5.32 Å². The lowest BCUT2D eigenvalue weighted by Gasteiger charge is -2.11. The summed E-state index contributed by atoms with van der Waals surface area (Å²) in [5, 5.41) is 10.7. The van der Waals surface area contributed by atoms with Crippen molar-refractivity contribution in [1.29, 1.82) is 0 Å². The lowest BCUT2D eigenvalue weighted by Crippen LogP contribution is -2.23. The predicted molar refractivity (Wildman–Crippen MR) is 112 cm³/mol. The van der Waals surface area contributed by atoms with Gasteiger partial charge in [-0.3, -0.25) is 9.48 Å². The van der Waals surface area contributed by atoms with Crippen LogP contribution in [0.4, 0.5) is 13.2 Å². The molecule has 0 radical (unpaired) electrons. The predicted octanol–water partition coefficient (Wildman–Crippen LogP) is 4.00. The fourth-order valence-corrected chi connectivity index (χ4v) is 3.32. The zero-order valence-electron chi connectivity index (χ0n) is 17.9. The molecule has 3 heterocycles. The molecule has 0 unspecified atom stereocenters. The molecule has 7 nitrogen and oxygen atoms in total. The van der Waals surface area contributed by atoms with Crippen molar-refractivity contribution in [2.45, 2.75) is 33.5 Å². The monoisotopic (exact) mass is 442 g/mol. The lowest BCUT2D eigenvalue weighted by atomic mass is 10.0. The van der Waals surface area contributed by atoms with Crippen molar-refractivity contribution < 1.29 is 18.0 Å². The second-order valence-corrected chi connectivity index (χ2v) is 7.68. The number of fused-ring (bicyclic) bond motifs is 1. The molecule has 10 heteroatoms. The number of nitrogens with one attached hydrogen (secondary N) is 1. The summed E-state index contributed by atoms with van der Waals surface area (Å²) in [5.41, 5.74) is 3.15. The van der Waals surface area contributed by atoms with Crippen LogP contribution in [0.15, 0.2) is 36.5 Å². The fraction of sp³-hybridized carbons (Fsp3) is 0.273. The van der Waals surface area contributed by atoms with Gasteiger partial charge in [-0.25, -0.2) is 9.50 Å². The second kappa shape index (κ2) is 7.77. The SMILES string of the molecule is Cc1ccc(-c2cc(C(F)(F)F)n3nc(C(=O)NCc4cnn(C)c4C)cc3n2)cc1C. The van der Waals surface area contributed by atoms with E-state index in [1.54, 1.807) is 30.1 Å². The van der Waals surface area contributed by atoms with E-state index in [1.807, 2.05) is 26.8 Å². The molecule has 166 valence electrons. The van der Waals surface area contributed by atoms with Gasteiger partial charge in [0, 0.05) is 36.5 Å². The number of aromatic nitrogens is 5. The summed E-state index contributed by atoms with van der Waals surface area (Å²) in [7, 11) is 1.78. The average molecular weight is 442 g/mol. The molecule has 32 heavy (non-hydrogen) atoms. The van der Waals surface area contributed by atoms with Crippen LogP contribution in [0.25, 0.3) is 16.9 Å². The number of carbonyl (C=O) groups excluding carboxylic acids is 1. The van der Waals surface area contributed by atoms with Gasteiger partial charge < -0.3 is 5.32 Å². The largest absolute Gasteiger partial charge is 0.433 e. The second-order valence-electron chi connectivity index (χ2n) is 7.68.